The van der Waals surface area contributed by atoms with E-state index in [1.165, 1.54) is 25.7 Å². The minimum atomic E-state index is -0.378. The van der Waals surface area contributed by atoms with Crippen LogP contribution in [0, 0.1) is 17.8 Å². The summed E-state index contributed by atoms with van der Waals surface area (Å²) in [5.41, 5.74) is 0.948. The Morgan fingerprint density at radius 1 is 1.21 bits per heavy atom. The molecule has 0 radical (unpaired) electrons. The van der Waals surface area contributed by atoms with Crippen molar-refractivity contribution in [2.75, 3.05) is 18.5 Å². The van der Waals surface area contributed by atoms with Gasteiger partial charge in [-0.3, -0.25) is 10.1 Å². The topological polar surface area (TPSA) is 61.4 Å². The van der Waals surface area contributed by atoms with Crippen molar-refractivity contribution in [3.63, 3.8) is 0 Å². The monoisotopic (exact) mass is 329 g/mol. The molecule has 2 aliphatic carbocycles. The lowest BCUT2D eigenvalue weighted by molar-refractivity contribution is -0.118. The number of carbonyl (C=O) groups excluding carboxylic acids is 2. The molecule has 2 fully saturated rings. The Balaban J connectivity index is 1.43. The summed E-state index contributed by atoms with van der Waals surface area (Å²) >= 11 is 0. The quantitative estimate of drug-likeness (QED) is 0.873. The number of fused-ring (bicyclic) bond motifs is 2. The fourth-order valence-electron chi connectivity index (χ4n) is 4.41. The van der Waals surface area contributed by atoms with Crippen LogP contribution < -0.4 is 15.5 Å². The highest BCUT2D eigenvalue weighted by Crippen LogP contribution is 2.49. The van der Waals surface area contributed by atoms with Crippen LogP contribution in [-0.4, -0.2) is 31.6 Å². The Hall–Kier alpha value is -2.04. The molecule has 2 N–H and O–H groups in total. The molecule has 0 aliphatic heterocycles. The SMILES string of the molecule is CC(NC(=O)NC(=O)CN(C)c1ccccc1)C1CC2CCC1C2. The van der Waals surface area contributed by atoms with Crippen molar-refractivity contribution in [1.82, 2.24) is 10.6 Å². The van der Waals surface area contributed by atoms with Crippen LogP contribution in [0.5, 0.6) is 0 Å². The van der Waals surface area contributed by atoms with E-state index in [1.54, 1.807) is 0 Å². The van der Waals surface area contributed by atoms with Gasteiger partial charge in [-0.15, -0.1) is 0 Å². The number of urea groups is 1. The second kappa shape index (κ2) is 7.24. The second-order valence-corrected chi connectivity index (χ2v) is 7.34. The van der Waals surface area contributed by atoms with Crippen molar-refractivity contribution in [2.45, 2.75) is 38.6 Å². The van der Waals surface area contributed by atoms with Gasteiger partial charge < -0.3 is 10.2 Å². The Labute approximate surface area is 143 Å². The smallest absolute Gasteiger partial charge is 0.321 e. The van der Waals surface area contributed by atoms with E-state index in [1.807, 2.05) is 42.3 Å². The van der Waals surface area contributed by atoms with Gasteiger partial charge in [0.2, 0.25) is 5.91 Å². The van der Waals surface area contributed by atoms with E-state index in [0.29, 0.717) is 5.92 Å². The van der Waals surface area contributed by atoms with Crippen LogP contribution in [0.1, 0.15) is 32.6 Å². The molecule has 0 aromatic heterocycles. The summed E-state index contributed by atoms with van der Waals surface area (Å²) in [4.78, 5) is 26.0. The van der Waals surface area contributed by atoms with E-state index in [-0.39, 0.29) is 24.5 Å². The van der Waals surface area contributed by atoms with E-state index < -0.39 is 0 Å². The first-order valence-corrected chi connectivity index (χ1v) is 8.89. The molecule has 3 amide bonds. The molecular formula is C19H27N3O2. The van der Waals surface area contributed by atoms with Crippen LogP contribution in [0.4, 0.5) is 10.5 Å². The van der Waals surface area contributed by atoms with Gasteiger partial charge >= 0.3 is 6.03 Å². The lowest BCUT2D eigenvalue weighted by atomic mass is 9.84. The summed E-state index contributed by atoms with van der Waals surface area (Å²) in [6.07, 6.45) is 5.18. The maximum absolute atomic E-state index is 12.1. The lowest BCUT2D eigenvalue weighted by Crippen LogP contribution is -2.49. The van der Waals surface area contributed by atoms with Crippen molar-refractivity contribution < 1.29 is 9.59 Å². The van der Waals surface area contributed by atoms with Crippen molar-refractivity contribution >= 4 is 17.6 Å². The third-order valence-electron chi connectivity index (χ3n) is 5.62. The number of hydrogen-bond acceptors (Lipinski definition) is 3. The molecule has 2 aliphatic rings. The molecule has 2 saturated carbocycles. The molecule has 0 spiro atoms. The molecule has 24 heavy (non-hydrogen) atoms. The summed E-state index contributed by atoms with van der Waals surface area (Å²) in [5.74, 6) is 1.88. The Bertz CT molecular complexity index is 590. The van der Waals surface area contributed by atoms with Gasteiger partial charge in [0.25, 0.3) is 0 Å². The van der Waals surface area contributed by atoms with Gasteiger partial charge in [-0.05, 0) is 56.1 Å². The van der Waals surface area contributed by atoms with Crippen LogP contribution in [-0.2, 0) is 4.79 Å². The van der Waals surface area contributed by atoms with Gasteiger partial charge in [0.05, 0.1) is 6.54 Å². The number of hydrogen-bond donors (Lipinski definition) is 2. The highest BCUT2D eigenvalue weighted by atomic mass is 16.2. The van der Waals surface area contributed by atoms with Crippen molar-refractivity contribution in [2.24, 2.45) is 17.8 Å². The maximum atomic E-state index is 12.1. The number of nitrogens with zero attached hydrogens (tertiary/aromatic N) is 1. The Morgan fingerprint density at radius 3 is 2.58 bits per heavy atom. The number of imide groups is 1. The molecular weight excluding hydrogens is 302 g/mol. The summed E-state index contributed by atoms with van der Waals surface area (Å²) in [5, 5.41) is 5.41. The van der Waals surface area contributed by atoms with Crippen LogP contribution in [0.15, 0.2) is 30.3 Å². The zero-order valence-corrected chi connectivity index (χ0v) is 14.5. The average molecular weight is 329 g/mol. The molecule has 1 aromatic rings. The number of nitrogens with one attached hydrogen (secondary N) is 2. The van der Waals surface area contributed by atoms with Gasteiger partial charge in [-0.2, -0.15) is 0 Å². The predicted octanol–water partition coefficient (Wildman–Crippen LogP) is 2.77. The van der Waals surface area contributed by atoms with Gasteiger partial charge in [-0.1, -0.05) is 24.6 Å². The third-order valence-corrected chi connectivity index (χ3v) is 5.62. The van der Waals surface area contributed by atoms with Crippen molar-refractivity contribution in [3.8, 4) is 0 Å². The maximum Gasteiger partial charge on any atom is 0.321 e. The van der Waals surface area contributed by atoms with E-state index in [4.69, 9.17) is 0 Å². The highest BCUT2D eigenvalue weighted by molar-refractivity contribution is 5.96. The van der Waals surface area contributed by atoms with E-state index in [9.17, 15) is 9.59 Å². The minimum absolute atomic E-state index is 0.125. The highest BCUT2D eigenvalue weighted by Gasteiger charge is 2.42. The number of benzene rings is 1. The van der Waals surface area contributed by atoms with Gasteiger partial charge in [-0.25, -0.2) is 4.79 Å². The second-order valence-electron chi connectivity index (χ2n) is 7.34. The number of rotatable bonds is 5. The van der Waals surface area contributed by atoms with Crippen LogP contribution >= 0.6 is 0 Å². The third kappa shape index (κ3) is 3.89. The standard InChI is InChI=1S/C19H27N3O2/c1-13(17-11-14-8-9-15(17)10-14)20-19(24)21-18(23)12-22(2)16-6-4-3-5-7-16/h3-7,13-15,17H,8-12H2,1-2H3,(H2,20,21,23,24). The fraction of sp³-hybridized carbons (Fsp3) is 0.579. The first-order valence-electron chi connectivity index (χ1n) is 8.89. The largest absolute Gasteiger partial charge is 0.365 e. The van der Waals surface area contributed by atoms with Crippen molar-refractivity contribution in [3.05, 3.63) is 30.3 Å². The number of para-hydroxylation sites is 1. The predicted molar refractivity (Wildman–Crippen MR) is 94.8 cm³/mol. The molecule has 0 saturated heterocycles. The molecule has 4 atom stereocenters. The minimum Gasteiger partial charge on any atom is -0.365 e. The summed E-state index contributed by atoms with van der Waals surface area (Å²) in [6, 6.07) is 9.40. The summed E-state index contributed by atoms with van der Waals surface area (Å²) in [7, 11) is 1.84. The van der Waals surface area contributed by atoms with Crippen LogP contribution in [0.25, 0.3) is 0 Å². The number of carbonyl (C=O) groups is 2. The normalized spacial score (nSPS) is 26.0. The lowest BCUT2D eigenvalue weighted by Gasteiger charge is -2.28. The number of anilines is 1. The molecule has 130 valence electrons. The molecule has 5 nitrogen and oxygen atoms in total. The number of amides is 3. The molecule has 1 aromatic carbocycles. The Kier molecular flexibility index (Phi) is 5.07. The van der Waals surface area contributed by atoms with E-state index >= 15 is 0 Å². The Morgan fingerprint density at radius 2 is 1.96 bits per heavy atom. The number of likely N-dealkylation sites (N-methyl/N-ethyl adjacent to an activating group) is 1. The van der Waals surface area contributed by atoms with E-state index in [2.05, 4.69) is 17.6 Å². The molecule has 3 rings (SSSR count). The van der Waals surface area contributed by atoms with E-state index in [0.717, 1.165) is 17.5 Å². The van der Waals surface area contributed by atoms with Gasteiger partial charge in [0.15, 0.2) is 0 Å². The van der Waals surface area contributed by atoms with Gasteiger partial charge in [0, 0.05) is 18.8 Å². The first kappa shape index (κ1) is 16.8. The average Bonchev–Trinajstić information content (AvgIpc) is 3.18. The molecule has 2 bridgehead atoms. The zero-order chi connectivity index (χ0) is 17.1. The van der Waals surface area contributed by atoms with Gasteiger partial charge in [0.1, 0.15) is 0 Å². The zero-order valence-electron chi connectivity index (χ0n) is 14.5. The fourth-order valence-corrected chi connectivity index (χ4v) is 4.41. The first-order chi connectivity index (χ1) is 11.5. The molecule has 0 heterocycles. The van der Waals surface area contributed by atoms with Crippen LogP contribution in [0.3, 0.4) is 0 Å². The summed E-state index contributed by atoms with van der Waals surface area (Å²) < 4.78 is 0. The summed E-state index contributed by atoms with van der Waals surface area (Å²) in [6.45, 7) is 2.21. The molecule has 4 unspecified atom stereocenters. The molecule has 5 heteroatoms. The van der Waals surface area contributed by atoms with Crippen LogP contribution in [0.2, 0.25) is 0 Å². The van der Waals surface area contributed by atoms with Crippen molar-refractivity contribution in [1.29, 1.82) is 0 Å².